The number of ether oxygens (including phenoxy) is 1. The van der Waals surface area contributed by atoms with Crippen molar-refractivity contribution in [3.05, 3.63) is 95.3 Å². The van der Waals surface area contributed by atoms with E-state index in [2.05, 4.69) is 10.6 Å². The summed E-state index contributed by atoms with van der Waals surface area (Å²) in [4.78, 5) is 24.4. The molecule has 0 aromatic heterocycles. The molecule has 2 N–H and O–H groups in total. The van der Waals surface area contributed by atoms with E-state index in [1.807, 2.05) is 36.4 Å². The van der Waals surface area contributed by atoms with Gasteiger partial charge in [-0.15, -0.1) is 11.8 Å². The number of hydrogen-bond donors (Lipinski definition) is 2. The molecular weight excluding hydrogens is 415 g/mol. The number of rotatable bonds is 9. The Morgan fingerprint density at radius 3 is 2.39 bits per heavy atom. The van der Waals surface area contributed by atoms with Crippen molar-refractivity contribution in [2.45, 2.75) is 12.3 Å². The zero-order chi connectivity index (χ0) is 22.1. The number of halogens is 1. The number of carbonyl (C=O) groups is 2. The van der Waals surface area contributed by atoms with Gasteiger partial charge in [0.25, 0.3) is 5.91 Å². The third-order valence-electron chi connectivity index (χ3n) is 4.48. The van der Waals surface area contributed by atoms with Gasteiger partial charge in [0.2, 0.25) is 5.91 Å². The molecule has 0 fully saturated rings. The summed E-state index contributed by atoms with van der Waals surface area (Å²) >= 11 is 1.46. The van der Waals surface area contributed by atoms with Crippen molar-refractivity contribution >= 4 is 29.3 Å². The molecule has 0 aliphatic heterocycles. The van der Waals surface area contributed by atoms with Gasteiger partial charge in [0.1, 0.15) is 11.6 Å². The average Bonchev–Trinajstić information content (AvgIpc) is 2.79. The third kappa shape index (κ3) is 6.86. The predicted octanol–water partition coefficient (Wildman–Crippen LogP) is 4.64. The largest absolute Gasteiger partial charge is 0.496 e. The van der Waals surface area contributed by atoms with E-state index >= 15 is 0 Å². The lowest BCUT2D eigenvalue weighted by Crippen LogP contribution is -2.23. The average molecular weight is 439 g/mol. The molecule has 0 saturated carbocycles. The van der Waals surface area contributed by atoms with Crippen molar-refractivity contribution in [3.63, 3.8) is 0 Å². The zero-order valence-electron chi connectivity index (χ0n) is 17.1. The monoisotopic (exact) mass is 438 g/mol. The Hall–Kier alpha value is -3.32. The maximum absolute atomic E-state index is 12.9. The van der Waals surface area contributed by atoms with Crippen LogP contribution in [-0.2, 0) is 17.1 Å². The van der Waals surface area contributed by atoms with Gasteiger partial charge >= 0.3 is 0 Å². The Bertz CT molecular complexity index is 1020. The van der Waals surface area contributed by atoms with Gasteiger partial charge in [-0.05, 0) is 48.0 Å². The topological polar surface area (TPSA) is 67.4 Å². The molecular formula is C24H23FN2O3S. The molecule has 0 heterocycles. The quantitative estimate of drug-likeness (QED) is 0.511. The highest BCUT2D eigenvalue weighted by molar-refractivity contribution is 7.99. The zero-order valence-corrected chi connectivity index (χ0v) is 17.9. The Labute approximate surface area is 185 Å². The molecule has 3 rings (SSSR count). The molecule has 0 spiro atoms. The van der Waals surface area contributed by atoms with Gasteiger partial charge in [-0.2, -0.15) is 0 Å². The maximum Gasteiger partial charge on any atom is 0.251 e. The maximum atomic E-state index is 12.9. The van der Waals surface area contributed by atoms with Crippen LogP contribution in [0, 0.1) is 5.82 Å². The highest BCUT2D eigenvalue weighted by Gasteiger charge is 2.08. The number of benzene rings is 3. The lowest BCUT2D eigenvalue weighted by molar-refractivity contribution is -0.113. The van der Waals surface area contributed by atoms with Crippen LogP contribution in [0.25, 0.3) is 0 Å². The highest BCUT2D eigenvalue weighted by Crippen LogP contribution is 2.18. The van der Waals surface area contributed by atoms with E-state index < -0.39 is 0 Å². The lowest BCUT2D eigenvalue weighted by atomic mass is 10.1. The van der Waals surface area contributed by atoms with Crippen LogP contribution in [0.3, 0.4) is 0 Å². The molecule has 0 unspecified atom stereocenters. The summed E-state index contributed by atoms with van der Waals surface area (Å²) in [5, 5.41) is 5.62. The summed E-state index contributed by atoms with van der Waals surface area (Å²) in [6.07, 6.45) is 0. The van der Waals surface area contributed by atoms with Crippen LogP contribution < -0.4 is 15.4 Å². The van der Waals surface area contributed by atoms with Gasteiger partial charge in [0.15, 0.2) is 0 Å². The van der Waals surface area contributed by atoms with Crippen LogP contribution in [-0.4, -0.2) is 24.7 Å². The fourth-order valence-corrected chi connectivity index (χ4v) is 3.66. The van der Waals surface area contributed by atoms with Crippen LogP contribution in [0.2, 0.25) is 0 Å². The first-order valence-electron chi connectivity index (χ1n) is 9.67. The van der Waals surface area contributed by atoms with Crippen LogP contribution in [0.5, 0.6) is 5.75 Å². The van der Waals surface area contributed by atoms with E-state index in [1.165, 1.54) is 36.0 Å². The number of nitrogens with one attached hydrogen (secondary N) is 2. The number of anilines is 1. The Morgan fingerprint density at radius 1 is 0.968 bits per heavy atom. The predicted molar refractivity (Wildman–Crippen MR) is 122 cm³/mol. The van der Waals surface area contributed by atoms with Gasteiger partial charge in [-0.1, -0.05) is 30.3 Å². The number of thioether (sulfide) groups is 1. The molecule has 31 heavy (non-hydrogen) atoms. The van der Waals surface area contributed by atoms with Gasteiger partial charge in [-0.25, -0.2) is 4.39 Å². The summed E-state index contributed by atoms with van der Waals surface area (Å²) in [6.45, 7) is 0.379. The van der Waals surface area contributed by atoms with Crippen LogP contribution in [0.4, 0.5) is 10.1 Å². The molecule has 0 bridgehead atoms. The Kier molecular flexibility index (Phi) is 8.06. The molecule has 7 heteroatoms. The minimum atomic E-state index is -0.343. The molecule has 3 aromatic rings. The fraction of sp³-hybridized carbons (Fsp3) is 0.167. The van der Waals surface area contributed by atoms with E-state index in [9.17, 15) is 14.0 Å². The molecule has 0 saturated heterocycles. The van der Waals surface area contributed by atoms with E-state index in [4.69, 9.17) is 4.74 Å². The Balaban J connectivity index is 1.43. The molecule has 5 nitrogen and oxygen atoms in total. The first-order valence-corrected chi connectivity index (χ1v) is 10.8. The summed E-state index contributed by atoms with van der Waals surface area (Å²) in [5.41, 5.74) is 3.05. The van der Waals surface area contributed by atoms with Gasteiger partial charge in [0.05, 0.1) is 12.9 Å². The third-order valence-corrected chi connectivity index (χ3v) is 5.48. The van der Waals surface area contributed by atoms with Crippen LogP contribution in [0.15, 0.2) is 72.8 Å². The van der Waals surface area contributed by atoms with Crippen molar-refractivity contribution in [1.82, 2.24) is 5.32 Å². The van der Waals surface area contributed by atoms with Crippen molar-refractivity contribution in [2.24, 2.45) is 0 Å². The number of para-hydroxylation sites is 1. The van der Waals surface area contributed by atoms with Crippen molar-refractivity contribution in [3.8, 4) is 5.75 Å². The smallest absolute Gasteiger partial charge is 0.251 e. The molecule has 0 radical (unpaired) electrons. The first kappa shape index (κ1) is 22.4. The van der Waals surface area contributed by atoms with E-state index in [0.717, 1.165) is 16.9 Å². The van der Waals surface area contributed by atoms with Gasteiger partial charge < -0.3 is 15.4 Å². The molecule has 0 aliphatic carbocycles. The minimum Gasteiger partial charge on any atom is -0.496 e. The molecule has 0 aliphatic rings. The normalized spacial score (nSPS) is 10.4. The van der Waals surface area contributed by atoms with Crippen molar-refractivity contribution in [1.29, 1.82) is 0 Å². The number of amides is 2. The van der Waals surface area contributed by atoms with Gasteiger partial charge in [-0.3, -0.25) is 9.59 Å². The van der Waals surface area contributed by atoms with Crippen molar-refractivity contribution in [2.75, 3.05) is 18.2 Å². The second-order valence-corrected chi connectivity index (χ2v) is 7.72. The molecule has 0 atom stereocenters. The molecule has 160 valence electrons. The standard InChI is InChI=1S/C24H23FN2O3S/c1-30-22-5-3-2-4-19(22)14-26-24(29)18-8-6-17(7-9-18)15-31-16-23(28)27-21-12-10-20(25)11-13-21/h2-13H,14-16H2,1H3,(H,26,29)(H,27,28). The van der Waals surface area contributed by atoms with Crippen LogP contribution in [0.1, 0.15) is 21.5 Å². The summed E-state index contributed by atoms with van der Waals surface area (Å²) < 4.78 is 18.2. The van der Waals surface area contributed by atoms with Crippen LogP contribution >= 0.6 is 11.8 Å². The molecule has 3 aromatic carbocycles. The first-order chi connectivity index (χ1) is 15.0. The summed E-state index contributed by atoms with van der Waals surface area (Å²) in [6, 6.07) is 20.5. The Morgan fingerprint density at radius 2 is 1.68 bits per heavy atom. The second-order valence-electron chi connectivity index (χ2n) is 6.74. The van der Waals surface area contributed by atoms with E-state index in [0.29, 0.717) is 23.5 Å². The minimum absolute atomic E-state index is 0.149. The number of methoxy groups -OCH3 is 1. The fourth-order valence-electron chi connectivity index (χ4n) is 2.87. The second kappa shape index (κ2) is 11.2. The number of hydrogen-bond acceptors (Lipinski definition) is 4. The van der Waals surface area contributed by atoms with Crippen molar-refractivity contribution < 1.29 is 18.7 Å². The highest BCUT2D eigenvalue weighted by atomic mass is 32.2. The van der Waals surface area contributed by atoms with E-state index in [-0.39, 0.29) is 23.4 Å². The summed E-state index contributed by atoms with van der Waals surface area (Å²) in [5.74, 6) is 0.994. The lowest BCUT2D eigenvalue weighted by Gasteiger charge is -2.10. The van der Waals surface area contributed by atoms with E-state index in [1.54, 1.807) is 19.2 Å². The summed E-state index contributed by atoms with van der Waals surface area (Å²) in [7, 11) is 1.60. The van der Waals surface area contributed by atoms with Gasteiger partial charge in [0, 0.05) is 29.1 Å². The molecule has 2 amide bonds. The number of carbonyl (C=O) groups excluding carboxylic acids is 2. The SMILES string of the molecule is COc1ccccc1CNC(=O)c1ccc(CSCC(=O)Nc2ccc(F)cc2)cc1.